The van der Waals surface area contributed by atoms with Crippen LogP contribution in [0.3, 0.4) is 0 Å². The van der Waals surface area contributed by atoms with E-state index in [1.807, 2.05) is 0 Å². The van der Waals surface area contributed by atoms with Crippen LogP contribution >= 0.6 is 31.9 Å². The number of rotatable bonds is 4. The van der Waals surface area contributed by atoms with Crippen molar-refractivity contribution in [3.05, 3.63) is 0 Å². The number of esters is 1. The summed E-state index contributed by atoms with van der Waals surface area (Å²) in [6, 6.07) is 0. The van der Waals surface area contributed by atoms with E-state index in [1.54, 1.807) is 6.92 Å². The van der Waals surface area contributed by atoms with Gasteiger partial charge in [0.25, 0.3) is 0 Å². The van der Waals surface area contributed by atoms with Gasteiger partial charge >= 0.3 is 5.97 Å². The molecular formula is C6H10Br2O2. The van der Waals surface area contributed by atoms with E-state index >= 15 is 0 Å². The molecule has 0 aromatic rings. The first-order chi connectivity index (χ1) is 4.72. The molecule has 60 valence electrons. The third-order valence-electron chi connectivity index (χ3n) is 0.905. The van der Waals surface area contributed by atoms with Gasteiger partial charge in [-0.25, -0.2) is 0 Å². The Balaban J connectivity index is 3.49. The Morgan fingerprint density at radius 3 is 2.70 bits per heavy atom. The van der Waals surface area contributed by atoms with Crippen LogP contribution in [-0.4, -0.2) is 22.7 Å². The summed E-state index contributed by atoms with van der Waals surface area (Å²) in [6.07, 6.45) is 0.763. The number of hydrogen-bond acceptors (Lipinski definition) is 2. The smallest absolute Gasteiger partial charge is 0.319 e. The van der Waals surface area contributed by atoms with Crippen LogP contribution in [0.5, 0.6) is 0 Å². The first-order valence-corrected chi connectivity index (χ1v) is 5.12. The fraction of sp³-hybridized carbons (Fsp3) is 0.833. The number of carbonyl (C=O) groups excluding carboxylic acids is 1. The molecule has 0 fully saturated rings. The molecule has 2 nitrogen and oxygen atoms in total. The predicted molar refractivity (Wildman–Crippen MR) is 47.8 cm³/mol. The van der Waals surface area contributed by atoms with Crippen LogP contribution in [-0.2, 0) is 9.53 Å². The van der Waals surface area contributed by atoms with Gasteiger partial charge < -0.3 is 4.74 Å². The Morgan fingerprint density at radius 1 is 1.70 bits per heavy atom. The lowest BCUT2D eigenvalue weighted by molar-refractivity contribution is -0.142. The average Bonchev–Trinajstić information content (AvgIpc) is 1.89. The van der Waals surface area contributed by atoms with Gasteiger partial charge in [-0.05, 0) is 13.3 Å². The molecular weight excluding hydrogens is 264 g/mol. The minimum Gasteiger partial charge on any atom is -0.465 e. The quantitative estimate of drug-likeness (QED) is 0.579. The molecule has 0 aromatic heterocycles. The van der Waals surface area contributed by atoms with E-state index in [-0.39, 0.29) is 10.8 Å². The van der Waals surface area contributed by atoms with Crippen LogP contribution in [0.25, 0.3) is 0 Å². The normalized spacial score (nSPS) is 12.7. The predicted octanol–water partition coefficient (Wildman–Crippen LogP) is 2.10. The molecule has 0 rings (SSSR count). The van der Waals surface area contributed by atoms with Gasteiger partial charge in [-0.15, -0.1) is 0 Å². The second kappa shape index (κ2) is 6.16. The van der Waals surface area contributed by atoms with Gasteiger partial charge in [-0.3, -0.25) is 4.79 Å². The fourth-order valence-electron chi connectivity index (χ4n) is 0.446. The van der Waals surface area contributed by atoms with Crippen molar-refractivity contribution in [1.82, 2.24) is 0 Å². The topological polar surface area (TPSA) is 26.3 Å². The summed E-state index contributed by atoms with van der Waals surface area (Å²) in [6.45, 7) is 2.25. The van der Waals surface area contributed by atoms with Gasteiger partial charge in [0.1, 0.15) is 4.83 Å². The fourth-order valence-corrected chi connectivity index (χ4v) is 1.88. The van der Waals surface area contributed by atoms with Gasteiger partial charge in [0.15, 0.2) is 0 Å². The van der Waals surface area contributed by atoms with Crippen LogP contribution in [0.15, 0.2) is 0 Å². The summed E-state index contributed by atoms with van der Waals surface area (Å²) in [4.78, 5) is 10.7. The van der Waals surface area contributed by atoms with E-state index in [1.165, 1.54) is 0 Å². The first kappa shape index (κ1) is 10.4. The molecule has 0 N–H and O–H groups in total. The van der Waals surface area contributed by atoms with Crippen molar-refractivity contribution in [2.45, 2.75) is 18.2 Å². The van der Waals surface area contributed by atoms with E-state index in [2.05, 4.69) is 31.9 Å². The van der Waals surface area contributed by atoms with Crippen molar-refractivity contribution >= 4 is 37.8 Å². The van der Waals surface area contributed by atoms with E-state index in [9.17, 15) is 4.79 Å². The van der Waals surface area contributed by atoms with Crippen molar-refractivity contribution in [1.29, 1.82) is 0 Å². The molecule has 0 aliphatic carbocycles. The zero-order valence-electron chi connectivity index (χ0n) is 5.77. The van der Waals surface area contributed by atoms with Crippen LogP contribution in [0.2, 0.25) is 0 Å². The Labute approximate surface area is 77.6 Å². The molecule has 1 unspecified atom stereocenters. The molecule has 0 heterocycles. The lowest BCUT2D eigenvalue weighted by atomic mass is 10.3. The zero-order chi connectivity index (χ0) is 7.98. The van der Waals surface area contributed by atoms with E-state index in [0.29, 0.717) is 6.61 Å². The van der Waals surface area contributed by atoms with E-state index in [4.69, 9.17) is 4.74 Å². The maximum absolute atomic E-state index is 10.8. The van der Waals surface area contributed by atoms with Crippen molar-refractivity contribution in [3.8, 4) is 0 Å². The highest BCUT2D eigenvalue weighted by Gasteiger charge is 2.13. The summed E-state index contributed by atoms with van der Waals surface area (Å²) < 4.78 is 4.75. The summed E-state index contributed by atoms with van der Waals surface area (Å²) in [5.41, 5.74) is 0. The highest BCUT2D eigenvalue weighted by atomic mass is 79.9. The zero-order valence-corrected chi connectivity index (χ0v) is 8.94. The van der Waals surface area contributed by atoms with Crippen LogP contribution < -0.4 is 0 Å². The molecule has 0 saturated carbocycles. The Hall–Kier alpha value is 0.430. The van der Waals surface area contributed by atoms with Gasteiger partial charge in [-0.1, -0.05) is 31.9 Å². The van der Waals surface area contributed by atoms with Crippen LogP contribution in [0.1, 0.15) is 13.3 Å². The maximum atomic E-state index is 10.8. The first-order valence-electron chi connectivity index (χ1n) is 3.09. The summed E-state index contributed by atoms with van der Waals surface area (Å²) >= 11 is 6.43. The van der Waals surface area contributed by atoms with Gasteiger partial charge in [0.2, 0.25) is 0 Å². The molecule has 0 spiro atoms. The number of halogens is 2. The second-order valence-corrected chi connectivity index (χ2v) is 3.60. The molecule has 1 atom stereocenters. The minimum atomic E-state index is -0.179. The van der Waals surface area contributed by atoms with E-state index < -0.39 is 0 Å². The summed E-state index contributed by atoms with van der Waals surface area (Å²) in [5.74, 6) is -0.179. The molecule has 0 radical (unpaired) electrons. The standard InChI is InChI=1S/C6H10Br2O2/c1-2-10-6(9)5(8)3-4-7/h5H,2-4H2,1H3. The Kier molecular flexibility index (Phi) is 6.43. The lowest BCUT2D eigenvalue weighted by Gasteiger charge is -2.05. The highest BCUT2D eigenvalue weighted by Crippen LogP contribution is 2.08. The minimum absolute atomic E-state index is 0.160. The SMILES string of the molecule is CCOC(=O)C(Br)CCBr. The molecule has 10 heavy (non-hydrogen) atoms. The van der Waals surface area contributed by atoms with Crippen molar-refractivity contribution < 1.29 is 9.53 Å². The molecule has 0 amide bonds. The molecule has 0 saturated heterocycles. The summed E-state index contributed by atoms with van der Waals surface area (Å²) in [7, 11) is 0. The van der Waals surface area contributed by atoms with Crippen molar-refractivity contribution in [2.24, 2.45) is 0 Å². The molecule has 0 aliphatic heterocycles. The van der Waals surface area contributed by atoms with Gasteiger partial charge in [0.05, 0.1) is 6.61 Å². The van der Waals surface area contributed by atoms with E-state index in [0.717, 1.165) is 11.8 Å². The molecule has 0 bridgehead atoms. The Morgan fingerprint density at radius 2 is 2.30 bits per heavy atom. The average molecular weight is 274 g/mol. The molecule has 4 heteroatoms. The van der Waals surface area contributed by atoms with Gasteiger partial charge in [0, 0.05) is 5.33 Å². The van der Waals surface area contributed by atoms with Crippen LogP contribution in [0.4, 0.5) is 0 Å². The summed E-state index contributed by atoms with van der Waals surface area (Å²) in [5, 5.41) is 0.807. The third-order valence-corrected chi connectivity index (χ3v) is 2.19. The third kappa shape index (κ3) is 4.28. The number of hydrogen-bond donors (Lipinski definition) is 0. The molecule has 0 aliphatic rings. The van der Waals surface area contributed by atoms with Crippen molar-refractivity contribution in [3.63, 3.8) is 0 Å². The second-order valence-electron chi connectivity index (χ2n) is 1.70. The van der Waals surface area contributed by atoms with Crippen LogP contribution in [0, 0.1) is 0 Å². The van der Waals surface area contributed by atoms with Gasteiger partial charge in [-0.2, -0.15) is 0 Å². The number of ether oxygens (including phenoxy) is 1. The number of alkyl halides is 2. The highest BCUT2D eigenvalue weighted by molar-refractivity contribution is 9.10. The largest absolute Gasteiger partial charge is 0.465 e. The Bertz CT molecular complexity index is 106. The van der Waals surface area contributed by atoms with Crippen molar-refractivity contribution in [2.75, 3.05) is 11.9 Å². The lowest BCUT2D eigenvalue weighted by Crippen LogP contribution is -2.17. The number of carbonyl (C=O) groups is 1. The monoisotopic (exact) mass is 272 g/mol. The maximum Gasteiger partial charge on any atom is 0.319 e. The molecule has 0 aromatic carbocycles.